The number of nitrogens with zero attached hydrogens (tertiary/aromatic N) is 5. The molecule has 1 aromatic carbocycles. The van der Waals surface area contributed by atoms with Crippen molar-refractivity contribution >= 4 is 23.3 Å². The fourth-order valence-corrected chi connectivity index (χ4v) is 3.96. The van der Waals surface area contributed by atoms with E-state index < -0.39 is 29.0 Å². The van der Waals surface area contributed by atoms with Crippen molar-refractivity contribution < 1.29 is 27.2 Å². The van der Waals surface area contributed by atoms with Crippen LogP contribution in [0.1, 0.15) is 46.7 Å². The minimum absolute atomic E-state index is 0.139. The highest BCUT2D eigenvalue weighted by Gasteiger charge is 2.37. The van der Waals surface area contributed by atoms with E-state index in [-0.39, 0.29) is 24.7 Å². The number of rotatable bonds is 6. The summed E-state index contributed by atoms with van der Waals surface area (Å²) in [4.78, 5) is 32.6. The van der Waals surface area contributed by atoms with Gasteiger partial charge in [0.05, 0.1) is 17.3 Å². The smallest absolute Gasteiger partial charge is 0.352 e. The van der Waals surface area contributed by atoms with Crippen LogP contribution in [0.2, 0.25) is 0 Å². The molecule has 1 fully saturated rings. The molecular formula is C24H26F4N6O2. The summed E-state index contributed by atoms with van der Waals surface area (Å²) in [5, 5.41) is 7.33. The van der Waals surface area contributed by atoms with Crippen LogP contribution in [0.5, 0.6) is 0 Å². The summed E-state index contributed by atoms with van der Waals surface area (Å²) in [6, 6.07) is 5.35. The average Bonchev–Trinajstić information content (AvgIpc) is 3.26. The third-order valence-corrected chi connectivity index (χ3v) is 5.95. The van der Waals surface area contributed by atoms with Crippen LogP contribution in [0.15, 0.2) is 36.5 Å². The largest absolute Gasteiger partial charge is 0.417 e. The summed E-state index contributed by atoms with van der Waals surface area (Å²) in [6.07, 6.45) is -2.38. The van der Waals surface area contributed by atoms with E-state index >= 15 is 0 Å². The Morgan fingerprint density at radius 2 is 1.81 bits per heavy atom. The van der Waals surface area contributed by atoms with Crippen molar-refractivity contribution in [3.8, 4) is 0 Å². The van der Waals surface area contributed by atoms with Crippen molar-refractivity contribution in [1.29, 1.82) is 0 Å². The van der Waals surface area contributed by atoms with Crippen LogP contribution in [0, 0.1) is 11.7 Å². The van der Waals surface area contributed by atoms with Gasteiger partial charge in [0.25, 0.3) is 11.8 Å². The van der Waals surface area contributed by atoms with Gasteiger partial charge in [0.15, 0.2) is 5.65 Å². The Hall–Kier alpha value is -3.70. The Morgan fingerprint density at radius 3 is 2.47 bits per heavy atom. The highest BCUT2D eigenvalue weighted by atomic mass is 19.4. The molecule has 0 aliphatic carbocycles. The summed E-state index contributed by atoms with van der Waals surface area (Å²) >= 11 is 0. The Kier molecular flexibility index (Phi) is 7.14. The number of nitrogens with one attached hydrogen (secondary N) is 1. The summed E-state index contributed by atoms with van der Waals surface area (Å²) in [7, 11) is 0. The minimum atomic E-state index is -4.77. The van der Waals surface area contributed by atoms with E-state index in [9.17, 15) is 27.2 Å². The SMILES string of the molecule is CC(C)CCNC(=O)c1cn2nc(N3CCN(C(=O)c4cc(F)ccc4C(F)(F)F)CC3)ccc2n1. The minimum Gasteiger partial charge on any atom is -0.352 e. The van der Waals surface area contributed by atoms with Gasteiger partial charge in [-0.15, -0.1) is 5.10 Å². The predicted molar refractivity (Wildman–Crippen MR) is 124 cm³/mol. The molecule has 0 atom stereocenters. The quantitative estimate of drug-likeness (QED) is 0.517. The number of benzene rings is 1. The first kappa shape index (κ1) is 25.4. The number of imidazole rings is 1. The second kappa shape index (κ2) is 10.1. The molecule has 1 N–H and O–H groups in total. The van der Waals surface area contributed by atoms with Gasteiger partial charge in [0, 0.05) is 32.7 Å². The highest BCUT2D eigenvalue weighted by Crippen LogP contribution is 2.33. The van der Waals surface area contributed by atoms with E-state index in [0.717, 1.165) is 6.42 Å². The van der Waals surface area contributed by atoms with Gasteiger partial charge in [-0.1, -0.05) is 13.8 Å². The Bertz CT molecular complexity index is 1270. The monoisotopic (exact) mass is 506 g/mol. The molecule has 8 nitrogen and oxygen atoms in total. The highest BCUT2D eigenvalue weighted by molar-refractivity contribution is 5.96. The molecule has 0 saturated carbocycles. The number of aromatic nitrogens is 3. The summed E-state index contributed by atoms with van der Waals surface area (Å²) in [5.41, 5.74) is -1.12. The molecule has 12 heteroatoms. The number of anilines is 1. The van der Waals surface area contributed by atoms with Gasteiger partial charge in [-0.05, 0) is 42.7 Å². The number of hydrogen-bond acceptors (Lipinski definition) is 5. The van der Waals surface area contributed by atoms with Gasteiger partial charge in [-0.3, -0.25) is 9.59 Å². The summed E-state index contributed by atoms with van der Waals surface area (Å²) in [6.45, 7) is 5.60. The second-order valence-corrected chi connectivity index (χ2v) is 9.03. The average molecular weight is 507 g/mol. The fourth-order valence-electron chi connectivity index (χ4n) is 3.96. The van der Waals surface area contributed by atoms with Crippen LogP contribution in [-0.2, 0) is 6.18 Å². The molecule has 4 rings (SSSR count). The van der Waals surface area contributed by atoms with Crippen LogP contribution in [0.4, 0.5) is 23.4 Å². The number of piperazine rings is 1. The van der Waals surface area contributed by atoms with Crippen molar-refractivity contribution in [2.24, 2.45) is 5.92 Å². The number of hydrogen-bond donors (Lipinski definition) is 1. The van der Waals surface area contributed by atoms with Crippen LogP contribution >= 0.6 is 0 Å². The fraction of sp³-hybridized carbons (Fsp3) is 0.417. The molecule has 36 heavy (non-hydrogen) atoms. The normalized spacial score (nSPS) is 14.5. The standard InChI is InChI=1S/C24H26F4N6O2/c1-15(2)7-8-29-22(35)19-14-34-20(30-19)5-6-21(31-34)32-9-11-33(12-10-32)23(36)17-13-16(25)3-4-18(17)24(26,27)28/h3-6,13-15H,7-12H2,1-2H3,(H,29,35). The molecule has 0 bridgehead atoms. The molecule has 1 aliphatic heterocycles. The third-order valence-electron chi connectivity index (χ3n) is 5.95. The molecule has 0 radical (unpaired) electrons. The van der Waals surface area contributed by atoms with Crippen LogP contribution in [0.25, 0.3) is 5.65 Å². The molecule has 3 aromatic rings. The number of alkyl halides is 3. The Morgan fingerprint density at radius 1 is 1.08 bits per heavy atom. The molecule has 0 spiro atoms. The van der Waals surface area contributed by atoms with Crippen molar-refractivity contribution in [2.75, 3.05) is 37.6 Å². The second-order valence-electron chi connectivity index (χ2n) is 9.03. The zero-order valence-corrected chi connectivity index (χ0v) is 19.8. The van der Waals surface area contributed by atoms with Crippen molar-refractivity contribution in [3.05, 3.63) is 59.2 Å². The number of carbonyl (C=O) groups is 2. The molecule has 1 aliphatic rings. The van der Waals surface area contributed by atoms with Gasteiger partial charge in [0.1, 0.15) is 17.3 Å². The maximum absolute atomic E-state index is 13.6. The van der Waals surface area contributed by atoms with E-state index in [2.05, 4.69) is 29.2 Å². The molecule has 0 unspecified atom stereocenters. The number of halogens is 4. The van der Waals surface area contributed by atoms with Crippen molar-refractivity contribution in [3.63, 3.8) is 0 Å². The topological polar surface area (TPSA) is 82.8 Å². The first-order valence-electron chi connectivity index (χ1n) is 11.6. The number of amides is 2. The molecule has 2 amide bonds. The molecule has 192 valence electrons. The maximum Gasteiger partial charge on any atom is 0.417 e. The summed E-state index contributed by atoms with van der Waals surface area (Å²) < 4.78 is 55.1. The lowest BCUT2D eigenvalue weighted by Gasteiger charge is -2.35. The van der Waals surface area contributed by atoms with Crippen molar-refractivity contribution in [1.82, 2.24) is 24.8 Å². The van der Waals surface area contributed by atoms with E-state index in [1.54, 1.807) is 12.1 Å². The Balaban J connectivity index is 1.43. The molecule has 1 saturated heterocycles. The van der Waals surface area contributed by atoms with Crippen LogP contribution in [-0.4, -0.2) is 64.0 Å². The van der Waals surface area contributed by atoms with Crippen molar-refractivity contribution in [2.45, 2.75) is 26.4 Å². The van der Waals surface area contributed by atoms with Crippen LogP contribution < -0.4 is 10.2 Å². The van der Waals surface area contributed by atoms with Gasteiger partial charge < -0.3 is 15.1 Å². The zero-order valence-electron chi connectivity index (χ0n) is 19.8. The van der Waals surface area contributed by atoms with Crippen LogP contribution in [0.3, 0.4) is 0 Å². The lowest BCUT2D eigenvalue weighted by molar-refractivity contribution is -0.138. The van der Waals surface area contributed by atoms with E-state index in [0.29, 0.717) is 55.2 Å². The van der Waals surface area contributed by atoms with Gasteiger partial charge in [-0.2, -0.15) is 13.2 Å². The number of carbonyl (C=O) groups excluding carboxylic acids is 2. The predicted octanol–water partition coefficient (Wildman–Crippen LogP) is 3.63. The van der Waals surface area contributed by atoms with Gasteiger partial charge >= 0.3 is 6.18 Å². The molecular weight excluding hydrogens is 480 g/mol. The van der Waals surface area contributed by atoms with E-state index in [1.165, 1.54) is 15.6 Å². The van der Waals surface area contributed by atoms with Gasteiger partial charge in [-0.25, -0.2) is 13.9 Å². The first-order chi connectivity index (χ1) is 17.0. The van der Waals surface area contributed by atoms with E-state index in [4.69, 9.17) is 0 Å². The lowest BCUT2D eigenvalue weighted by atomic mass is 10.0. The molecule has 2 aromatic heterocycles. The lowest BCUT2D eigenvalue weighted by Crippen LogP contribution is -2.49. The third kappa shape index (κ3) is 5.58. The summed E-state index contributed by atoms with van der Waals surface area (Å²) in [5.74, 6) is -1.03. The number of fused-ring (bicyclic) bond motifs is 1. The zero-order chi connectivity index (χ0) is 26.0. The Labute approximate surface area is 204 Å². The first-order valence-corrected chi connectivity index (χ1v) is 11.6. The molecule has 3 heterocycles. The van der Waals surface area contributed by atoms with E-state index in [1.807, 2.05) is 4.90 Å². The van der Waals surface area contributed by atoms with Gasteiger partial charge in [0.2, 0.25) is 0 Å². The maximum atomic E-state index is 13.6.